The number of aromatic nitrogens is 3. The van der Waals surface area contributed by atoms with E-state index >= 15 is 0 Å². The Kier molecular flexibility index (Phi) is 4.71. The average molecular weight is 312 g/mol. The van der Waals surface area contributed by atoms with Crippen molar-refractivity contribution >= 4 is 11.9 Å². The van der Waals surface area contributed by atoms with Crippen LogP contribution in [0.5, 0.6) is 0 Å². The average Bonchev–Trinajstić information content (AvgIpc) is 2.56. The molecule has 0 spiro atoms. The first kappa shape index (κ1) is 15.7. The van der Waals surface area contributed by atoms with Gasteiger partial charge in [0.2, 0.25) is 11.9 Å². The zero-order valence-electron chi connectivity index (χ0n) is 13.8. The van der Waals surface area contributed by atoms with Gasteiger partial charge in [-0.1, -0.05) is 30.3 Å². The fraction of sp³-hybridized carbons (Fsp3) is 0.471. The first-order valence-electron chi connectivity index (χ1n) is 8.07. The summed E-state index contributed by atoms with van der Waals surface area (Å²) in [6.45, 7) is 2.85. The van der Waals surface area contributed by atoms with Gasteiger partial charge in [-0.25, -0.2) is 0 Å². The number of benzene rings is 1. The molecule has 0 bridgehead atoms. The quantitative estimate of drug-likeness (QED) is 0.930. The van der Waals surface area contributed by atoms with E-state index in [4.69, 9.17) is 5.73 Å². The molecule has 6 heteroatoms. The lowest BCUT2D eigenvalue weighted by molar-refractivity contribution is 0.200. The Morgan fingerprint density at radius 2 is 1.78 bits per heavy atom. The number of nitrogens with two attached hydrogens (primary N) is 1. The summed E-state index contributed by atoms with van der Waals surface area (Å²) in [5.74, 6) is 2.32. The highest BCUT2D eigenvalue weighted by Crippen LogP contribution is 2.28. The second-order valence-corrected chi connectivity index (χ2v) is 6.27. The molecule has 0 atom stereocenters. The van der Waals surface area contributed by atoms with Crippen LogP contribution in [0.2, 0.25) is 0 Å². The van der Waals surface area contributed by atoms with E-state index in [1.54, 1.807) is 0 Å². The first-order chi connectivity index (χ1) is 11.1. The molecule has 2 heterocycles. The summed E-state index contributed by atoms with van der Waals surface area (Å²) in [7, 11) is 3.81. The Balaban J connectivity index is 1.61. The van der Waals surface area contributed by atoms with Crippen LogP contribution >= 0.6 is 0 Å². The van der Waals surface area contributed by atoms with E-state index in [-0.39, 0.29) is 5.95 Å². The Labute approximate surface area is 137 Å². The molecular weight excluding hydrogens is 288 g/mol. The molecule has 0 unspecified atom stereocenters. The number of anilines is 2. The molecule has 0 saturated carbocycles. The van der Waals surface area contributed by atoms with E-state index in [1.807, 2.05) is 19.0 Å². The second kappa shape index (κ2) is 6.91. The minimum absolute atomic E-state index is 0.290. The second-order valence-electron chi connectivity index (χ2n) is 6.27. The van der Waals surface area contributed by atoms with Crippen LogP contribution < -0.4 is 10.6 Å². The van der Waals surface area contributed by atoms with Crippen molar-refractivity contribution in [3.63, 3.8) is 0 Å². The van der Waals surface area contributed by atoms with Crippen LogP contribution in [-0.4, -0.2) is 47.0 Å². The number of rotatable bonds is 4. The van der Waals surface area contributed by atoms with Crippen molar-refractivity contribution in [3.8, 4) is 0 Å². The molecular formula is C17H24N6. The van der Waals surface area contributed by atoms with Crippen molar-refractivity contribution in [1.29, 1.82) is 0 Å². The van der Waals surface area contributed by atoms with E-state index in [0.717, 1.165) is 25.5 Å². The Morgan fingerprint density at radius 3 is 2.43 bits per heavy atom. The van der Waals surface area contributed by atoms with Crippen LogP contribution in [0.1, 0.15) is 30.1 Å². The predicted molar refractivity (Wildman–Crippen MR) is 92.3 cm³/mol. The summed E-state index contributed by atoms with van der Waals surface area (Å²) in [5.41, 5.74) is 7.24. The maximum absolute atomic E-state index is 5.79. The van der Waals surface area contributed by atoms with E-state index < -0.39 is 0 Å². The van der Waals surface area contributed by atoms with Gasteiger partial charge in [0, 0.05) is 14.1 Å². The SMILES string of the molecule is CN(C)c1nc(N)nc(CN2CCC(c3ccccc3)CC2)n1. The molecule has 6 nitrogen and oxygen atoms in total. The molecule has 2 aromatic rings. The molecule has 1 saturated heterocycles. The van der Waals surface area contributed by atoms with Gasteiger partial charge < -0.3 is 10.6 Å². The standard InChI is InChI=1S/C17H24N6/c1-22(2)17-20-15(19-16(18)21-17)12-23-10-8-14(9-11-23)13-6-4-3-5-7-13/h3-7,14H,8-12H2,1-2H3,(H2,18,19,20,21). The number of nitrogen functional groups attached to an aromatic ring is 1. The number of hydrogen-bond donors (Lipinski definition) is 1. The van der Waals surface area contributed by atoms with Gasteiger partial charge in [0.15, 0.2) is 0 Å². The summed E-state index contributed by atoms with van der Waals surface area (Å²) in [4.78, 5) is 17.1. The van der Waals surface area contributed by atoms with Crippen molar-refractivity contribution < 1.29 is 0 Å². The number of piperidine rings is 1. The van der Waals surface area contributed by atoms with Gasteiger partial charge in [0.25, 0.3) is 0 Å². The van der Waals surface area contributed by atoms with Gasteiger partial charge in [0.1, 0.15) is 5.82 Å². The predicted octanol–water partition coefficient (Wildman–Crippen LogP) is 1.90. The highest BCUT2D eigenvalue weighted by Gasteiger charge is 2.21. The van der Waals surface area contributed by atoms with Crippen LogP contribution in [0.4, 0.5) is 11.9 Å². The van der Waals surface area contributed by atoms with Gasteiger partial charge in [-0.2, -0.15) is 15.0 Å². The summed E-state index contributed by atoms with van der Waals surface area (Å²) >= 11 is 0. The van der Waals surface area contributed by atoms with Gasteiger partial charge in [-0.3, -0.25) is 4.90 Å². The maximum atomic E-state index is 5.79. The maximum Gasteiger partial charge on any atom is 0.229 e. The Bertz CT molecular complexity index is 635. The molecule has 122 valence electrons. The molecule has 0 aliphatic carbocycles. The molecule has 2 N–H and O–H groups in total. The summed E-state index contributed by atoms with van der Waals surface area (Å²) in [6.07, 6.45) is 2.34. The van der Waals surface area contributed by atoms with Gasteiger partial charge in [-0.05, 0) is 37.4 Å². The van der Waals surface area contributed by atoms with Crippen molar-refractivity contribution in [2.45, 2.75) is 25.3 Å². The molecule has 1 aromatic carbocycles. The molecule has 23 heavy (non-hydrogen) atoms. The van der Waals surface area contributed by atoms with Crippen molar-refractivity contribution in [3.05, 3.63) is 41.7 Å². The Hall–Kier alpha value is -2.21. The summed E-state index contributed by atoms with van der Waals surface area (Å²) in [5, 5.41) is 0. The van der Waals surface area contributed by atoms with Crippen molar-refractivity contribution in [2.75, 3.05) is 37.8 Å². The van der Waals surface area contributed by atoms with Gasteiger partial charge in [-0.15, -0.1) is 0 Å². The van der Waals surface area contributed by atoms with Gasteiger partial charge >= 0.3 is 0 Å². The highest BCUT2D eigenvalue weighted by molar-refractivity contribution is 5.32. The van der Waals surface area contributed by atoms with Crippen LogP contribution in [-0.2, 0) is 6.54 Å². The zero-order chi connectivity index (χ0) is 16.2. The zero-order valence-corrected chi connectivity index (χ0v) is 13.8. The third-order valence-electron chi connectivity index (χ3n) is 4.31. The monoisotopic (exact) mass is 312 g/mol. The van der Waals surface area contributed by atoms with Gasteiger partial charge in [0.05, 0.1) is 6.54 Å². The third kappa shape index (κ3) is 3.96. The third-order valence-corrected chi connectivity index (χ3v) is 4.31. The molecule has 0 amide bonds. The van der Waals surface area contributed by atoms with Crippen LogP contribution in [0.15, 0.2) is 30.3 Å². The smallest absolute Gasteiger partial charge is 0.229 e. The number of nitrogens with zero attached hydrogens (tertiary/aromatic N) is 5. The summed E-state index contributed by atoms with van der Waals surface area (Å²) < 4.78 is 0. The molecule has 3 rings (SSSR count). The topological polar surface area (TPSA) is 71.2 Å². The largest absolute Gasteiger partial charge is 0.368 e. The molecule has 1 aromatic heterocycles. The molecule has 1 fully saturated rings. The van der Waals surface area contributed by atoms with E-state index in [2.05, 4.69) is 50.2 Å². The van der Waals surface area contributed by atoms with E-state index in [0.29, 0.717) is 11.9 Å². The van der Waals surface area contributed by atoms with Crippen LogP contribution in [0, 0.1) is 0 Å². The Morgan fingerprint density at radius 1 is 1.09 bits per heavy atom. The minimum Gasteiger partial charge on any atom is -0.368 e. The molecule has 1 aliphatic heterocycles. The highest BCUT2D eigenvalue weighted by atomic mass is 15.3. The van der Waals surface area contributed by atoms with Crippen molar-refractivity contribution in [1.82, 2.24) is 19.9 Å². The van der Waals surface area contributed by atoms with E-state index in [1.165, 1.54) is 18.4 Å². The lowest BCUT2D eigenvalue weighted by atomic mass is 9.89. The van der Waals surface area contributed by atoms with E-state index in [9.17, 15) is 0 Å². The van der Waals surface area contributed by atoms with Crippen molar-refractivity contribution in [2.24, 2.45) is 0 Å². The first-order valence-corrected chi connectivity index (χ1v) is 8.07. The number of likely N-dealkylation sites (tertiary alicyclic amines) is 1. The number of hydrogen-bond acceptors (Lipinski definition) is 6. The van der Waals surface area contributed by atoms with Crippen LogP contribution in [0.3, 0.4) is 0 Å². The normalized spacial score (nSPS) is 16.4. The molecule has 1 aliphatic rings. The minimum atomic E-state index is 0.290. The lowest BCUT2D eigenvalue weighted by Crippen LogP contribution is -2.33. The molecule has 0 radical (unpaired) electrons. The summed E-state index contributed by atoms with van der Waals surface area (Å²) in [6, 6.07) is 10.8. The van der Waals surface area contributed by atoms with Crippen LogP contribution in [0.25, 0.3) is 0 Å². The lowest BCUT2D eigenvalue weighted by Gasteiger charge is -2.31. The fourth-order valence-corrected chi connectivity index (χ4v) is 3.05. The fourth-order valence-electron chi connectivity index (χ4n) is 3.05.